The summed E-state index contributed by atoms with van der Waals surface area (Å²) in [4.78, 5) is 6.02. The standard InChI is InChI=1S/C25H28FNO2S/c1-15(2)24-21(13-28)23(17-5-7-18(26)8-6-17)22(25(27-24)16(3)4)14-30-20-11-9-19(29)10-12-20/h5-12,15-16,28-29H,13-14H2,1-4H3. The van der Waals surface area contributed by atoms with Gasteiger partial charge in [0.2, 0.25) is 0 Å². The van der Waals surface area contributed by atoms with E-state index in [-0.39, 0.29) is 30.0 Å². The van der Waals surface area contributed by atoms with E-state index in [0.29, 0.717) is 5.75 Å². The average Bonchev–Trinajstić information content (AvgIpc) is 2.72. The lowest BCUT2D eigenvalue weighted by Crippen LogP contribution is -2.12. The van der Waals surface area contributed by atoms with Crippen LogP contribution in [0.15, 0.2) is 53.4 Å². The number of nitrogens with zero attached hydrogens (tertiary/aromatic N) is 1. The first-order valence-corrected chi connectivity index (χ1v) is 11.1. The second kappa shape index (κ2) is 9.63. The maximum absolute atomic E-state index is 13.6. The second-order valence-electron chi connectivity index (χ2n) is 7.97. The molecule has 0 aliphatic heterocycles. The van der Waals surface area contributed by atoms with Crippen LogP contribution in [0.1, 0.15) is 62.0 Å². The van der Waals surface area contributed by atoms with Crippen LogP contribution in [0, 0.1) is 5.82 Å². The third-order valence-corrected chi connectivity index (χ3v) is 6.11. The van der Waals surface area contributed by atoms with Crippen molar-refractivity contribution in [3.05, 3.63) is 76.9 Å². The zero-order valence-corrected chi connectivity index (χ0v) is 18.6. The molecule has 158 valence electrons. The summed E-state index contributed by atoms with van der Waals surface area (Å²) in [6.45, 7) is 8.26. The van der Waals surface area contributed by atoms with Gasteiger partial charge in [-0.15, -0.1) is 11.8 Å². The Labute approximate surface area is 182 Å². The van der Waals surface area contributed by atoms with Gasteiger partial charge in [0, 0.05) is 27.6 Å². The molecule has 3 nitrogen and oxygen atoms in total. The molecule has 30 heavy (non-hydrogen) atoms. The van der Waals surface area contributed by atoms with Crippen LogP contribution in [-0.2, 0) is 12.4 Å². The molecular formula is C25H28FNO2S. The number of phenolic OH excluding ortho intramolecular Hbond substituents is 1. The van der Waals surface area contributed by atoms with Gasteiger partial charge in [0.15, 0.2) is 0 Å². The van der Waals surface area contributed by atoms with Crippen LogP contribution in [0.25, 0.3) is 11.1 Å². The largest absolute Gasteiger partial charge is 0.508 e. The quantitative estimate of drug-likeness (QED) is 0.417. The van der Waals surface area contributed by atoms with Gasteiger partial charge in [-0.1, -0.05) is 39.8 Å². The Balaban J connectivity index is 2.20. The van der Waals surface area contributed by atoms with Gasteiger partial charge in [-0.3, -0.25) is 4.98 Å². The lowest BCUT2D eigenvalue weighted by atomic mass is 9.88. The normalized spacial score (nSPS) is 11.5. The molecule has 1 aromatic heterocycles. The highest BCUT2D eigenvalue weighted by Crippen LogP contribution is 2.39. The average molecular weight is 426 g/mol. The summed E-state index contributed by atoms with van der Waals surface area (Å²) >= 11 is 1.65. The minimum Gasteiger partial charge on any atom is -0.508 e. The molecule has 1 heterocycles. The van der Waals surface area contributed by atoms with Gasteiger partial charge >= 0.3 is 0 Å². The number of aliphatic hydroxyl groups excluding tert-OH is 1. The molecule has 5 heteroatoms. The summed E-state index contributed by atoms with van der Waals surface area (Å²) in [5, 5.41) is 19.8. The van der Waals surface area contributed by atoms with E-state index >= 15 is 0 Å². The van der Waals surface area contributed by atoms with Gasteiger partial charge < -0.3 is 10.2 Å². The molecule has 0 unspecified atom stereocenters. The van der Waals surface area contributed by atoms with Gasteiger partial charge in [-0.25, -0.2) is 4.39 Å². The number of thioether (sulfide) groups is 1. The van der Waals surface area contributed by atoms with E-state index in [4.69, 9.17) is 4.98 Å². The van der Waals surface area contributed by atoms with Crippen molar-refractivity contribution in [2.75, 3.05) is 0 Å². The van der Waals surface area contributed by atoms with Crippen LogP contribution >= 0.6 is 11.8 Å². The van der Waals surface area contributed by atoms with E-state index in [1.165, 1.54) is 12.1 Å². The molecular weight excluding hydrogens is 397 g/mol. The van der Waals surface area contributed by atoms with Crippen molar-refractivity contribution in [2.45, 2.75) is 56.8 Å². The fourth-order valence-corrected chi connectivity index (χ4v) is 4.56. The number of pyridine rings is 1. The van der Waals surface area contributed by atoms with Gasteiger partial charge in [0.05, 0.1) is 6.61 Å². The summed E-state index contributed by atoms with van der Waals surface area (Å²) in [6.07, 6.45) is 0. The number of rotatable bonds is 7. The number of hydrogen-bond acceptors (Lipinski definition) is 4. The Hall–Kier alpha value is -2.37. The zero-order chi connectivity index (χ0) is 21.8. The summed E-state index contributed by atoms with van der Waals surface area (Å²) < 4.78 is 13.6. The van der Waals surface area contributed by atoms with E-state index in [9.17, 15) is 14.6 Å². The first kappa shape index (κ1) is 22.3. The highest BCUT2D eigenvalue weighted by atomic mass is 32.2. The molecule has 2 N–H and O–H groups in total. The number of aromatic hydroxyl groups is 1. The maximum atomic E-state index is 13.6. The Kier molecular flexibility index (Phi) is 7.16. The Morgan fingerprint density at radius 3 is 1.97 bits per heavy atom. The van der Waals surface area contributed by atoms with Crippen LogP contribution in [0.4, 0.5) is 4.39 Å². The third kappa shape index (κ3) is 4.85. The lowest BCUT2D eigenvalue weighted by molar-refractivity contribution is 0.279. The number of hydrogen-bond donors (Lipinski definition) is 2. The number of halogens is 1. The predicted octanol–water partition coefficient (Wildman–Crippen LogP) is 6.62. The van der Waals surface area contributed by atoms with Crippen molar-refractivity contribution in [3.8, 4) is 16.9 Å². The van der Waals surface area contributed by atoms with E-state index in [1.807, 2.05) is 12.1 Å². The number of benzene rings is 2. The van der Waals surface area contributed by atoms with Crippen LogP contribution in [0.5, 0.6) is 5.75 Å². The smallest absolute Gasteiger partial charge is 0.123 e. The van der Waals surface area contributed by atoms with Gasteiger partial charge in [-0.2, -0.15) is 0 Å². The minimum absolute atomic E-state index is 0.123. The van der Waals surface area contributed by atoms with Crippen molar-refractivity contribution in [2.24, 2.45) is 0 Å². The highest BCUT2D eigenvalue weighted by molar-refractivity contribution is 7.98. The van der Waals surface area contributed by atoms with E-state index in [1.54, 1.807) is 36.0 Å². The predicted molar refractivity (Wildman–Crippen MR) is 121 cm³/mol. The fourth-order valence-electron chi connectivity index (χ4n) is 3.63. The highest BCUT2D eigenvalue weighted by Gasteiger charge is 2.23. The lowest BCUT2D eigenvalue weighted by Gasteiger charge is -2.24. The van der Waals surface area contributed by atoms with Crippen LogP contribution in [0.3, 0.4) is 0 Å². The molecule has 2 aromatic carbocycles. The summed E-state index contributed by atoms with van der Waals surface area (Å²) in [7, 11) is 0. The van der Waals surface area contributed by atoms with Gasteiger partial charge in [0.1, 0.15) is 11.6 Å². The molecule has 0 aliphatic rings. The van der Waals surface area contributed by atoms with Gasteiger partial charge in [-0.05, 0) is 64.9 Å². The molecule has 0 saturated carbocycles. The number of aromatic nitrogens is 1. The van der Waals surface area contributed by atoms with Crippen molar-refractivity contribution < 1.29 is 14.6 Å². The molecule has 0 saturated heterocycles. The Morgan fingerprint density at radius 1 is 0.867 bits per heavy atom. The topological polar surface area (TPSA) is 53.4 Å². The zero-order valence-electron chi connectivity index (χ0n) is 17.8. The first-order valence-electron chi connectivity index (χ1n) is 10.2. The molecule has 0 radical (unpaired) electrons. The van der Waals surface area contributed by atoms with Gasteiger partial charge in [0.25, 0.3) is 0 Å². The molecule has 0 atom stereocenters. The van der Waals surface area contributed by atoms with Crippen molar-refractivity contribution in [1.29, 1.82) is 0 Å². The number of aliphatic hydroxyl groups is 1. The molecule has 0 spiro atoms. The van der Waals surface area contributed by atoms with Crippen molar-refractivity contribution in [1.82, 2.24) is 4.98 Å². The van der Waals surface area contributed by atoms with Crippen LogP contribution < -0.4 is 0 Å². The number of phenols is 1. The molecule has 3 rings (SSSR count). The molecule has 0 bridgehead atoms. The molecule has 0 aliphatic carbocycles. The van der Waals surface area contributed by atoms with Crippen molar-refractivity contribution in [3.63, 3.8) is 0 Å². The van der Waals surface area contributed by atoms with E-state index in [0.717, 1.165) is 38.5 Å². The van der Waals surface area contributed by atoms with Crippen molar-refractivity contribution >= 4 is 11.8 Å². The van der Waals surface area contributed by atoms with E-state index in [2.05, 4.69) is 27.7 Å². The summed E-state index contributed by atoms with van der Waals surface area (Å²) in [5.74, 6) is 0.961. The third-order valence-electron chi connectivity index (χ3n) is 5.07. The van der Waals surface area contributed by atoms with Crippen LogP contribution in [0.2, 0.25) is 0 Å². The fraction of sp³-hybridized carbons (Fsp3) is 0.320. The minimum atomic E-state index is -0.286. The SMILES string of the molecule is CC(C)c1nc(C(C)C)c(CSc2ccc(O)cc2)c(-c2ccc(F)cc2)c1CO. The first-order chi connectivity index (χ1) is 14.3. The second-order valence-corrected chi connectivity index (χ2v) is 9.02. The Bertz CT molecular complexity index is 999. The summed E-state index contributed by atoms with van der Waals surface area (Å²) in [6, 6.07) is 13.6. The monoisotopic (exact) mass is 425 g/mol. The summed E-state index contributed by atoms with van der Waals surface area (Å²) in [5.41, 5.74) is 5.59. The maximum Gasteiger partial charge on any atom is 0.123 e. The van der Waals surface area contributed by atoms with E-state index < -0.39 is 0 Å². The molecule has 0 amide bonds. The molecule has 3 aromatic rings. The Morgan fingerprint density at radius 2 is 1.43 bits per heavy atom. The van der Waals surface area contributed by atoms with Crippen LogP contribution in [-0.4, -0.2) is 15.2 Å². The molecule has 0 fully saturated rings.